The van der Waals surface area contributed by atoms with E-state index in [9.17, 15) is 9.59 Å². The number of carbonyl (C=O) groups excluding carboxylic acids is 2. The van der Waals surface area contributed by atoms with Crippen molar-refractivity contribution < 1.29 is 14.3 Å². The van der Waals surface area contributed by atoms with E-state index in [0.29, 0.717) is 18.7 Å². The van der Waals surface area contributed by atoms with Crippen LogP contribution >= 0.6 is 0 Å². The number of fused-ring (bicyclic) bond motifs is 1. The largest absolute Gasteiger partial charge is 0.483 e. The van der Waals surface area contributed by atoms with E-state index >= 15 is 0 Å². The van der Waals surface area contributed by atoms with Gasteiger partial charge in [-0.1, -0.05) is 80.6 Å². The van der Waals surface area contributed by atoms with Gasteiger partial charge in [0.2, 0.25) is 5.91 Å². The molecule has 0 aliphatic rings. The predicted molar refractivity (Wildman–Crippen MR) is 128 cm³/mol. The summed E-state index contributed by atoms with van der Waals surface area (Å²) in [6.07, 6.45) is 1.36. The minimum absolute atomic E-state index is 0.0529. The summed E-state index contributed by atoms with van der Waals surface area (Å²) < 4.78 is 5.95. The molecule has 2 amide bonds. The van der Waals surface area contributed by atoms with Crippen LogP contribution in [0.25, 0.3) is 10.8 Å². The molecule has 0 spiro atoms. The molecule has 0 saturated carbocycles. The topological polar surface area (TPSA) is 58.6 Å². The van der Waals surface area contributed by atoms with Crippen molar-refractivity contribution >= 4 is 22.6 Å². The predicted octanol–water partition coefficient (Wildman–Crippen LogP) is 4.94. The molecule has 2 atom stereocenters. The van der Waals surface area contributed by atoms with Crippen LogP contribution in [-0.4, -0.2) is 35.4 Å². The van der Waals surface area contributed by atoms with Gasteiger partial charge in [0.05, 0.1) is 0 Å². The van der Waals surface area contributed by atoms with Crippen LogP contribution in [-0.2, 0) is 16.1 Å². The van der Waals surface area contributed by atoms with E-state index < -0.39 is 6.04 Å². The van der Waals surface area contributed by atoms with Crippen LogP contribution in [0.4, 0.5) is 0 Å². The Bertz CT molecular complexity index is 1030. The summed E-state index contributed by atoms with van der Waals surface area (Å²) in [5.41, 5.74) is 0.973. The Morgan fingerprint density at radius 1 is 0.906 bits per heavy atom. The molecule has 5 nitrogen and oxygen atoms in total. The summed E-state index contributed by atoms with van der Waals surface area (Å²) in [5, 5.41) is 5.04. The number of nitrogens with one attached hydrogen (secondary N) is 1. The van der Waals surface area contributed by atoms with E-state index in [2.05, 4.69) is 5.32 Å². The number of nitrogens with zero attached hydrogens (tertiary/aromatic N) is 1. The summed E-state index contributed by atoms with van der Waals surface area (Å²) in [6, 6.07) is 22.9. The first kappa shape index (κ1) is 23.3. The third kappa shape index (κ3) is 5.88. The zero-order valence-corrected chi connectivity index (χ0v) is 19.1. The molecule has 0 aliphatic heterocycles. The lowest BCUT2D eigenvalue weighted by atomic mass is 10.1. The normalized spacial score (nSPS) is 12.7. The van der Waals surface area contributed by atoms with Gasteiger partial charge in [0.1, 0.15) is 11.8 Å². The molecule has 1 N–H and O–H groups in total. The molecule has 3 aromatic carbocycles. The molecule has 168 valence electrons. The van der Waals surface area contributed by atoms with Gasteiger partial charge in [0, 0.05) is 18.0 Å². The standard InChI is InChI=1S/C27H32N2O3/c1-4-20(3)28-27(31)24(5-2)29(18-21-12-7-6-8-13-21)26(30)19-32-25-17-11-15-22-14-9-10-16-23(22)25/h6-17,20,24H,4-5,18-19H2,1-3H3,(H,28,31)/t20-,24+/m0/s1. The highest BCUT2D eigenvalue weighted by molar-refractivity contribution is 5.90. The van der Waals surface area contributed by atoms with Crippen LogP contribution in [0, 0.1) is 0 Å². The summed E-state index contributed by atoms with van der Waals surface area (Å²) in [7, 11) is 0. The summed E-state index contributed by atoms with van der Waals surface area (Å²) in [5.74, 6) is 0.317. The highest BCUT2D eigenvalue weighted by atomic mass is 16.5. The monoisotopic (exact) mass is 432 g/mol. The van der Waals surface area contributed by atoms with Crippen molar-refractivity contribution in [3.8, 4) is 5.75 Å². The Morgan fingerprint density at radius 2 is 1.59 bits per heavy atom. The highest BCUT2D eigenvalue weighted by Gasteiger charge is 2.29. The Balaban J connectivity index is 1.81. The maximum atomic E-state index is 13.3. The molecule has 0 heterocycles. The summed E-state index contributed by atoms with van der Waals surface area (Å²) in [6.45, 7) is 6.14. The second kappa shape index (κ2) is 11.3. The fourth-order valence-electron chi connectivity index (χ4n) is 3.68. The minimum Gasteiger partial charge on any atom is -0.483 e. The van der Waals surface area contributed by atoms with Crippen LogP contribution in [0.2, 0.25) is 0 Å². The highest BCUT2D eigenvalue weighted by Crippen LogP contribution is 2.25. The SMILES string of the molecule is CC[C@H](C(=O)N[C@@H](C)CC)N(Cc1ccccc1)C(=O)COc1cccc2ccccc12. The maximum absolute atomic E-state index is 13.3. The van der Waals surface area contributed by atoms with E-state index in [1.807, 2.05) is 93.6 Å². The average molecular weight is 433 g/mol. The Labute approximate surface area is 190 Å². The zero-order valence-electron chi connectivity index (χ0n) is 19.1. The molecule has 0 aliphatic carbocycles. The molecule has 3 aromatic rings. The minimum atomic E-state index is -0.562. The quantitative estimate of drug-likeness (QED) is 0.494. The van der Waals surface area contributed by atoms with Gasteiger partial charge in [-0.05, 0) is 36.8 Å². The van der Waals surface area contributed by atoms with Crippen LogP contribution in [0.15, 0.2) is 72.8 Å². The molecule has 0 saturated heterocycles. The molecular weight excluding hydrogens is 400 g/mol. The van der Waals surface area contributed by atoms with E-state index in [-0.39, 0.29) is 24.5 Å². The van der Waals surface area contributed by atoms with Crippen molar-refractivity contribution in [1.82, 2.24) is 10.2 Å². The third-order valence-electron chi connectivity index (χ3n) is 5.68. The molecule has 0 bridgehead atoms. The van der Waals surface area contributed by atoms with Crippen LogP contribution < -0.4 is 10.1 Å². The lowest BCUT2D eigenvalue weighted by Crippen LogP contribution is -2.51. The number of rotatable bonds is 10. The fraction of sp³-hybridized carbons (Fsp3) is 0.333. The van der Waals surface area contributed by atoms with Crippen molar-refractivity contribution in [2.75, 3.05) is 6.61 Å². The summed E-state index contributed by atoms with van der Waals surface area (Å²) in [4.78, 5) is 28.0. The van der Waals surface area contributed by atoms with Gasteiger partial charge in [-0.3, -0.25) is 9.59 Å². The van der Waals surface area contributed by atoms with E-state index in [0.717, 1.165) is 22.8 Å². The lowest BCUT2D eigenvalue weighted by Gasteiger charge is -2.31. The number of hydrogen-bond acceptors (Lipinski definition) is 3. The third-order valence-corrected chi connectivity index (χ3v) is 5.68. The average Bonchev–Trinajstić information content (AvgIpc) is 2.82. The number of benzene rings is 3. The van der Waals surface area contributed by atoms with E-state index in [4.69, 9.17) is 4.74 Å². The molecule has 0 fully saturated rings. The molecule has 5 heteroatoms. The first-order valence-corrected chi connectivity index (χ1v) is 11.3. The van der Waals surface area contributed by atoms with Gasteiger partial charge in [-0.25, -0.2) is 0 Å². The number of carbonyl (C=O) groups is 2. The lowest BCUT2D eigenvalue weighted by molar-refractivity contribution is -0.143. The second-order valence-electron chi connectivity index (χ2n) is 8.02. The van der Waals surface area contributed by atoms with Crippen LogP contribution in [0.3, 0.4) is 0 Å². The van der Waals surface area contributed by atoms with E-state index in [1.165, 1.54) is 0 Å². The van der Waals surface area contributed by atoms with Crippen LogP contribution in [0.5, 0.6) is 5.75 Å². The molecule has 0 radical (unpaired) electrons. The number of hydrogen-bond donors (Lipinski definition) is 1. The fourth-order valence-corrected chi connectivity index (χ4v) is 3.68. The zero-order chi connectivity index (χ0) is 22.9. The van der Waals surface area contributed by atoms with Crippen molar-refractivity contribution in [1.29, 1.82) is 0 Å². The maximum Gasteiger partial charge on any atom is 0.261 e. The van der Waals surface area contributed by atoms with Gasteiger partial charge < -0.3 is 15.0 Å². The number of amides is 2. The van der Waals surface area contributed by atoms with E-state index in [1.54, 1.807) is 4.90 Å². The molecule has 3 rings (SSSR count). The van der Waals surface area contributed by atoms with Crippen LogP contribution in [0.1, 0.15) is 39.2 Å². The van der Waals surface area contributed by atoms with Crippen molar-refractivity contribution in [2.45, 2.75) is 52.2 Å². The molecule has 32 heavy (non-hydrogen) atoms. The van der Waals surface area contributed by atoms with Crippen molar-refractivity contribution in [3.05, 3.63) is 78.4 Å². The Hall–Kier alpha value is -3.34. The molecular formula is C27H32N2O3. The van der Waals surface area contributed by atoms with Crippen molar-refractivity contribution in [3.63, 3.8) is 0 Å². The first-order chi connectivity index (χ1) is 15.5. The molecule has 0 aromatic heterocycles. The second-order valence-corrected chi connectivity index (χ2v) is 8.02. The molecule has 0 unspecified atom stereocenters. The number of ether oxygens (including phenoxy) is 1. The van der Waals surface area contributed by atoms with Gasteiger partial charge in [-0.15, -0.1) is 0 Å². The van der Waals surface area contributed by atoms with Gasteiger partial charge >= 0.3 is 0 Å². The Kier molecular flexibility index (Phi) is 8.26. The first-order valence-electron chi connectivity index (χ1n) is 11.3. The van der Waals surface area contributed by atoms with Crippen molar-refractivity contribution in [2.24, 2.45) is 0 Å². The smallest absolute Gasteiger partial charge is 0.261 e. The van der Waals surface area contributed by atoms with Gasteiger partial charge in [0.15, 0.2) is 6.61 Å². The van der Waals surface area contributed by atoms with Gasteiger partial charge in [0.25, 0.3) is 5.91 Å². The Morgan fingerprint density at radius 3 is 2.31 bits per heavy atom. The van der Waals surface area contributed by atoms with Gasteiger partial charge in [-0.2, -0.15) is 0 Å². The summed E-state index contributed by atoms with van der Waals surface area (Å²) >= 11 is 0.